The molecule has 4 nitrogen and oxygen atoms in total. The molecule has 1 aliphatic heterocycles. The van der Waals surface area contributed by atoms with E-state index in [-0.39, 0.29) is 5.91 Å². The molecule has 0 radical (unpaired) electrons. The highest BCUT2D eigenvalue weighted by Gasteiger charge is 2.49. The zero-order chi connectivity index (χ0) is 14.9. The highest BCUT2D eigenvalue weighted by atomic mass is 35.5. The Morgan fingerprint density at radius 3 is 2.62 bits per heavy atom. The number of aromatic nitrogens is 2. The molecule has 1 aromatic heterocycles. The Hall–Kier alpha value is -1.68. The van der Waals surface area contributed by atoms with Crippen LogP contribution in [0, 0.1) is 6.92 Å². The summed E-state index contributed by atoms with van der Waals surface area (Å²) >= 11 is 6.20. The third-order valence-corrected chi connectivity index (χ3v) is 4.91. The number of halogens is 1. The normalized spacial score (nSPS) is 20.2. The number of hydrogen-bond donors (Lipinski definition) is 0. The third kappa shape index (κ3) is 1.65. The number of anilines is 1. The highest BCUT2D eigenvalue weighted by molar-refractivity contribution is 6.34. The Labute approximate surface area is 128 Å². The number of hydrogen-bond acceptors (Lipinski definition) is 3. The van der Waals surface area contributed by atoms with Crippen molar-refractivity contribution >= 4 is 34.0 Å². The lowest BCUT2D eigenvalue weighted by molar-refractivity contribution is -0.122. The molecular formula is C16H16ClN3O. The molecule has 0 spiro atoms. The van der Waals surface area contributed by atoms with Crippen molar-refractivity contribution < 1.29 is 4.79 Å². The number of rotatable bonds is 1. The van der Waals surface area contributed by atoms with E-state index in [2.05, 4.69) is 16.3 Å². The van der Waals surface area contributed by atoms with Crippen LogP contribution in [-0.2, 0) is 10.2 Å². The minimum atomic E-state index is -0.492. The van der Waals surface area contributed by atoms with Gasteiger partial charge in [-0.25, -0.2) is 0 Å². The molecule has 0 saturated heterocycles. The van der Waals surface area contributed by atoms with E-state index in [0.29, 0.717) is 11.2 Å². The second-order valence-corrected chi connectivity index (χ2v) is 6.88. The van der Waals surface area contributed by atoms with Crippen LogP contribution in [0.25, 0.3) is 10.8 Å². The molecule has 1 amide bonds. The first-order valence-corrected chi connectivity index (χ1v) is 7.59. The zero-order valence-electron chi connectivity index (χ0n) is 12.3. The molecule has 0 atom stereocenters. The second-order valence-electron chi connectivity index (χ2n) is 6.52. The average Bonchev–Trinajstić information content (AvgIpc) is 3.24. The molecule has 108 valence electrons. The van der Waals surface area contributed by atoms with Gasteiger partial charge in [0.25, 0.3) is 0 Å². The summed E-state index contributed by atoms with van der Waals surface area (Å²) < 4.78 is 0. The van der Waals surface area contributed by atoms with Crippen LogP contribution in [0.4, 0.5) is 5.69 Å². The van der Waals surface area contributed by atoms with E-state index in [4.69, 9.17) is 11.6 Å². The molecule has 0 bridgehead atoms. The van der Waals surface area contributed by atoms with Gasteiger partial charge in [-0.05, 0) is 51.3 Å². The summed E-state index contributed by atoms with van der Waals surface area (Å²) in [7, 11) is 0. The first-order valence-electron chi connectivity index (χ1n) is 7.22. The molecule has 1 fully saturated rings. The topological polar surface area (TPSA) is 46.1 Å². The van der Waals surface area contributed by atoms with E-state index in [1.807, 2.05) is 31.7 Å². The molecular weight excluding hydrogens is 286 g/mol. The maximum absolute atomic E-state index is 12.8. The Balaban J connectivity index is 2.06. The Bertz CT molecular complexity index is 796. The number of amides is 1. The fraction of sp³-hybridized carbons (Fsp3) is 0.438. The first-order chi connectivity index (χ1) is 9.91. The van der Waals surface area contributed by atoms with E-state index < -0.39 is 5.41 Å². The van der Waals surface area contributed by atoms with Crippen molar-refractivity contribution in [3.05, 3.63) is 28.5 Å². The molecule has 2 heterocycles. The fourth-order valence-electron chi connectivity index (χ4n) is 3.21. The van der Waals surface area contributed by atoms with Gasteiger partial charge in [0.1, 0.15) is 0 Å². The largest absolute Gasteiger partial charge is 0.308 e. The van der Waals surface area contributed by atoms with Crippen molar-refractivity contribution in [3.63, 3.8) is 0 Å². The molecule has 2 aromatic rings. The van der Waals surface area contributed by atoms with Crippen LogP contribution in [0.1, 0.15) is 37.9 Å². The highest BCUT2D eigenvalue weighted by Crippen LogP contribution is 2.48. The predicted octanol–water partition coefficient (Wildman–Crippen LogP) is 3.38. The minimum Gasteiger partial charge on any atom is -0.308 e. The summed E-state index contributed by atoms with van der Waals surface area (Å²) in [6.07, 6.45) is 2.17. The van der Waals surface area contributed by atoms with Gasteiger partial charge in [-0.2, -0.15) is 5.10 Å². The molecule has 5 heteroatoms. The number of carbonyl (C=O) groups is 1. The summed E-state index contributed by atoms with van der Waals surface area (Å²) in [5, 5.41) is 10.3. The van der Waals surface area contributed by atoms with E-state index >= 15 is 0 Å². The molecule has 1 saturated carbocycles. The fourth-order valence-corrected chi connectivity index (χ4v) is 3.40. The van der Waals surface area contributed by atoms with Gasteiger partial charge in [0.2, 0.25) is 5.91 Å². The van der Waals surface area contributed by atoms with E-state index in [9.17, 15) is 4.79 Å². The summed E-state index contributed by atoms with van der Waals surface area (Å²) in [5.41, 5.74) is 2.41. The van der Waals surface area contributed by atoms with Gasteiger partial charge in [-0.3, -0.25) is 4.79 Å². The van der Waals surface area contributed by atoms with Crippen molar-refractivity contribution in [2.75, 3.05) is 4.90 Å². The first kappa shape index (κ1) is 13.0. The Morgan fingerprint density at radius 2 is 1.95 bits per heavy atom. The quantitative estimate of drug-likeness (QED) is 0.811. The number of fused-ring (bicyclic) bond motifs is 2. The summed E-state index contributed by atoms with van der Waals surface area (Å²) in [6, 6.07) is 4.44. The molecule has 21 heavy (non-hydrogen) atoms. The lowest BCUT2D eigenvalue weighted by Gasteiger charge is -2.19. The Kier molecular flexibility index (Phi) is 2.45. The maximum Gasteiger partial charge on any atom is 0.237 e. The van der Waals surface area contributed by atoms with Crippen LogP contribution in [0.2, 0.25) is 5.15 Å². The average molecular weight is 302 g/mol. The van der Waals surface area contributed by atoms with Crippen molar-refractivity contribution in [1.29, 1.82) is 0 Å². The van der Waals surface area contributed by atoms with Gasteiger partial charge in [-0.15, -0.1) is 5.10 Å². The Morgan fingerprint density at radius 1 is 1.24 bits per heavy atom. The SMILES string of the molecule is Cc1nnc(Cl)c2cc3c(cc12)C(C)(C)C(=O)N3C1CC1. The predicted molar refractivity (Wildman–Crippen MR) is 82.8 cm³/mol. The number of aryl methyl sites for hydroxylation is 1. The minimum absolute atomic E-state index is 0.185. The van der Waals surface area contributed by atoms with Crippen molar-refractivity contribution in [2.45, 2.75) is 45.1 Å². The zero-order valence-corrected chi connectivity index (χ0v) is 13.0. The van der Waals surface area contributed by atoms with Gasteiger partial charge >= 0.3 is 0 Å². The molecule has 1 aromatic carbocycles. The van der Waals surface area contributed by atoms with Crippen molar-refractivity contribution in [1.82, 2.24) is 10.2 Å². The summed E-state index contributed by atoms with van der Waals surface area (Å²) in [6.45, 7) is 5.91. The third-order valence-electron chi connectivity index (χ3n) is 4.63. The van der Waals surface area contributed by atoms with E-state index in [1.54, 1.807) is 0 Å². The van der Waals surface area contributed by atoms with Crippen LogP contribution >= 0.6 is 11.6 Å². The molecule has 0 unspecified atom stereocenters. The van der Waals surface area contributed by atoms with Crippen LogP contribution in [-0.4, -0.2) is 22.1 Å². The van der Waals surface area contributed by atoms with Crippen LogP contribution in [0.15, 0.2) is 12.1 Å². The number of carbonyl (C=O) groups excluding carboxylic acids is 1. The second kappa shape index (κ2) is 3.95. The van der Waals surface area contributed by atoms with E-state index in [1.165, 1.54) is 0 Å². The number of nitrogens with zero attached hydrogens (tertiary/aromatic N) is 3. The van der Waals surface area contributed by atoms with Gasteiger partial charge in [0, 0.05) is 22.5 Å². The smallest absolute Gasteiger partial charge is 0.237 e. The number of benzene rings is 1. The van der Waals surface area contributed by atoms with Crippen molar-refractivity contribution in [2.24, 2.45) is 0 Å². The maximum atomic E-state index is 12.8. The van der Waals surface area contributed by atoms with Crippen molar-refractivity contribution in [3.8, 4) is 0 Å². The van der Waals surface area contributed by atoms with Gasteiger partial charge in [0.15, 0.2) is 5.15 Å². The molecule has 1 aliphatic carbocycles. The van der Waals surface area contributed by atoms with Crippen LogP contribution < -0.4 is 4.90 Å². The van der Waals surface area contributed by atoms with Gasteiger partial charge in [-0.1, -0.05) is 11.6 Å². The monoisotopic (exact) mass is 301 g/mol. The van der Waals surface area contributed by atoms with Gasteiger partial charge < -0.3 is 4.90 Å². The summed E-state index contributed by atoms with van der Waals surface area (Å²) in [4.78, 5) is 14.7. The molecule has 4 rings (SSSR count). The molecule has 2 aliphatic rings. The molecule has 0 N–H and O–H groups in total. The van der Waals surface area contributed by atoms with E-state index in [0.717, 1.165) is 40.6 Å². The van der Waals surface area contributed by atoms with Gasteiger partial charge in [0.05, 0.1) is 11.1 Å². The lowest BCUT2D eigenvalue weighted by Crippen LogP contribution is -2.37. The standard InChI is InChI=1S/C16H16ClN3O/c1-8-10-6-12-13(7-11(10)14(17)19-18-8)20(9-4-5-9)15(21)16(12,2)3/h6-7,9H,4-5H2,1-3H3. The lowest BCUT2D eigenvalue weighted by atomic mass is 9.85. The van der Waals surface area contributed by atoms with Crippen LogP contribution in [0.5, 0.6) is 0 Å². The van der Waals surface area contributed by atoms with Crippen LogP contribution in [0.3, 0.4) is 0 Å². The summed E-state index contributed by atoms with van der Waals surface area (Å²) in [5.74, 6) is 0.185.